The highest BCUT2D eigenvalue weighted by Gasteiger charge is 2.31. The minimum atomic E-state index is 0.744. The van der Waals surface area contributed by atoms with Gasteiger partial charge in [-0.05, 0) is 87.1 Å². The molecule has 0 bridgehead atoms. The monoisotopic (exact) mass is 336 g/mol. The third-order valence-electron chi connectivity index (χ3n) is 6.91. The highest BCUT2D eigenvalue weighted by atomic mass is 14.9. The van der Waals surface area contributed by atoms with Gasteiger partial charge >= 0.3 is 0 Å². The normalized spacial score (nSPS) is 43.8. The van der Waals surface area contributed by atoms with E-state index in [1.54, 1.807) is 0 Å². The SMILES string of the molecule is CC1CC(C)C(NCCCCNC2C(C)CC(C)CC2C)C(C)C1. The molecule has 24 heavy (non-hydrogen) atoms. The number of nitrogens with one attached hydrogen (secondary N) is 2. The lowest BCUT2D eigenvalue weighted by Gasteiger charge is -2.39. The molecule has 0 saturated heterocycles. The summed E-state index contributed by atoms with van der Waals surface area (Å²) in [7, 11) is 0. The fourth-order valence-corrected chi connectivity index (χ4v) is 6.03. The van der Waals surface area contributed by atoms with E-state index < -0.39 is 0 Å². The second-order valence-corrected chi connectivity index (χ2v) is 9.73. The van der Waals surface area contributed by atoms with Crippen molar-refractivity contribution in [3.8, 4) is 0 Å². The van der Waals surface area contributed by atoms with Crippen LogP contribution < -0.4 is 10.6 Å². The molecule has 2 nitrogen and oxygen atoms in total. The largest absolute Gasteiger partial charge is 0.313 e. The molecule has 2 rings (SSSR count). The molecule has 0 spiro atoms. The lowest BCUT2D eigenvalue weighted by molar-refractivity contribution is 0.160. The van der Waals surface area contributed by atoms with Crippen molar-refractivity contribution < 1.29 is 0 Å². The van der Waals surface area contributed by atoms with Crippen LogP contribution in [0.1, 0.15) is 80.1 Å². The molecule has 0 aliphatic heterocycles. The first kappa shape index (κ1) is 20.2. The molecule has 0 heterocycles. The Bertz CT molecular complexity index is 298. The van der Waals surface area contributed by atoms with Crippen LogP contribution in [0.2, 0.25) is 0 Å². The summed E-state index contributed by atoms with van der Waals surface area (Å²) in [4.78, 5) is 0. The lowest BCUT2D eigenvalue weighted by Crippen LogP contribution is -2.46. The molecule has 2 aliphatic carbocycles. The Kier molecular flexibility index (Phi) is 8.07. The summed E-state index contributed by atoms with van der Waals surface area (Å²) < 4.78 is 0. The average Bonchev–Trinajstić information content (AvgIpc) is 2.46. The molecule has 142 valence electrons. The van der Waals surface area contributed by atoms with E-state index in [-0.39, 0.29) is 0 Å². The van der Waals surface area contributed by atoms with Gasteiger partial charge in [-0.3, -0.25) is 0 Å². The summed E-state index contributed by atoms with van der Waals surface area (Å²) >= 11 is 0. The summed E-state index contributed by atoms with van der Waals surface area (Å²) in [6, 6.07) is 1.49. The van der Waals surface area contributed by atoms with Crippen LogP contribution >= 0.6 is 0 Å². The summed E-state index contributed by atoms with van der Waals surface area (Å²) in [5.74, 6) is 5.19. The van der Waals surface area contributed by atoms with Crippen molar-refractivity contribution in [3.05, 3.63) is 0 Å². The van der Waals surface area contributed by atoms with E-state index in [2.05, 4.69) is 52.2 Å². The zero-order valence-electron chi connectivity index (χ0n) is 17.3. The minimum Gasteiger partial charge on any atom is -0.313 e. The fraction of sp³-hybridized carbons (Fsp3) is 1.00. The Hall–Kier alpha value is -0.0800. The maximum Gasteiger partial charge on any atom is 0.0118 e. The number of hydrogen-bond donors (Lipinski definition) is 2. The number of rotatable bonds is 7. The second-order valence-electron chi connectivity index (χ2n) is 9.73. The van der Waals surface area contributed by atoms with Gasteiger partial charge in [0.1, 0.15) is 0 Å². The zero-order valence-corrected chi connectivity index (χ0v) is 17.3. The van der Waals surface area contributed by atoms with Crippen molar-refractivity contribution in [1.82, 2.24) is 10.6 Å². The maximum absolute atomic E-state index is 3.88. The molecule has 0 aromatic heterocycles. The number of hydrogen-bond acceptors (Lipinski definition) is 2. The molecular formula is C22H44N2. The Balaban J connectivity index is 1.58. The molecular weight excluding hydrogens is 292 g/mol. The second kappa shape index (κ2) is 9.57. The van der Waals surface area contributed by atoms with Gasteiger partial charge in [0.15, 0.2) is 0 Å². The first-order valence-corrected chi connectivity index (χ1v) is 10.8. The van der Waals surface area contributed by atoms with Gasteiger partial charge in [-0.15, -0.1) is 0 Å². The van der Waals surface area contributed by atoms with Gasteiger partial charge in [-0.2, -0.15) is 0 Å². The molecule has 2 aliphatic rings. The Labute approximate surface area is 151 Å². The van der Waals surface area contributed by atoms with E-state index in [4.69, 9.17) is 0 Å². The lowest BCUT2D eigenvalue weighted by atomic mass is 9.73. The van der Waals surface area contributed by atoms with Gasteiger partial charge in [-0.25, -0.2) is 0 Å². The molecule has 2 heteroatoms. The summed E-state index contributed by atoms with van der Waals surface area (Å²) in [5.41, 5.74) is 0. The van der Waals surface area contributed by atoms with Crippen molar-refractivity contribution in [2.45, 2.75) is 92.2 Å². The van der Waals surface area contributed by atoms with Crippen molar-refractivity contribution in [1.29, 1.82) is 0 Å². The third-order valence-corrected chi connectivity index (χ3v) is 6.91. The first-order chi connectivity index (χ1) is 11.4. The standard InChI is InChI=1S/C22H44N2/c1-15-11-17(3)21(18(4)12-15)23-9-7-8-10-24-22-19(5)13-16(2)14-20(22)6/h15-24H,7-14H2,1-6H3. The van der Waals surface area contributed by atoms with Gasteiger partial charge in [-0.1, -0.05) is 41.5 Å². The van der Waals surface area contributed by atoms with Crippen LogP contribution in [0.15, 0.2) is 0 Å². The van der Waals surface area contributed by atoms with E-state index >= 15 is 0 Å². The van der Waals surface area contributed by atoms with Gasteiger partial charge in [0.25, 0.3) is 0 Å². The van der Waals surface area contributed by atoms with Crippen molar-refractivity contribution >= 4 is 0 Å². The highest BCUT2D eigenvalue weighted by molar-refractivity contribution is 4.87. The van der Waals surface area contributed by atoms with Crippen LogP contribution in [-0.2, 0) is 0 Å². The van der Waals surface area contributed by atoms with Crippen LogP contribution in [0.5, 0.6) is 0 Å². The van der Waals surface area contributed by atoms with Gasteiger partial charge in [0.2, 0.25) is 0 Å². The number of unbranched alkanes of at least 4 members (excludes halogenated alkanes) is 1. The highest BCUT2D eigenvalue weighted by Crippen LogP contribution is 2.33. The van der Waals surface area contributed by atoms with Crippen molar-refractivity contribution in [3.63, 3.8) is 0 Å². The van der Waals surface area contributed by atoms with Crippen LogP contribution in [0.4, 0.5) is 0 Å². The van der Waals surface area contributed by atoms with Crippen LogP contribution in [0.25, 0.3) is 0 Å². The predicted octanol–water partition coefficient (Wildman–Crippen LogP) is 5.09. The van der Waals surface area contributed by atoms with Crippen molar-refractivity contribution in [2.75, 3.05) is 13.1 Å². The third kappa shape index (κ3) is 5.73. The summed E-state index contributed by atoms with van der Waals surface area (Å²) in [6.07, 6.45) is 8.23. The van der Waals surface area contributed by atoms with Gasteiger partial charge in [0.05, 0.1) is 0 Å². The van der Waals surface area contributed by atoms with E-state index in [9.17, 15) is 0 Å². The fourth-order valence-electron chi connectivity index (χ4n) is 6.03. The zero-order chi connectivity index (χ0) is 17.7. The summed E-state index contributed by atoms with van der Waals surface area (Å²) in [6.45, 7) is 17.0. The molecule has 0 aromatic carbocycles. The molecule has 4 unspecified atom stereocenters. The Morgan fingerprint density at radius 3 is 1.12 bits per heavy atom. The van der Waals surface area contributed by atoms with E-state index in [0.29, 0.717) is 0 Å². The summed E-state index contributed by atoms with van der Waals surface area (Å²) in [5, 5.41) is 7.75. The topological polar surface area (TPSA) is 24.1 Å². The molecule has 0 amide bonds. The Morgan fingerprint density at radius 1 is 0.542 bits per heavy atom. The minimum absolute atomic E-state index is 0.744. The van der Waals surface area contributed by atoms with E-state index in [0.717, 1.165) is 47.6 Å². The smallest absolute Gasteiger partial charge is 0.0118 e. The van der Waals surface area contributed by atoms with Crippen LogP contribution in [0, 0.1) is 35.5 Å². The van der Waals surface area contributed by atoms with Gasteiger partial charge in [0, 0.05) is 12.1 Å². The van der Waals surface area contributed by atoms with Crippen LogP contribution in [-0.4, -0.2) is 25.2 Å². The Morgan fingerprint density at radius 2 is 0.833 bits per heavy atom. The van der Waals surface area contributed by atoms with Crippen LogP contribution in [0.3, 0.4) is 0 Å². The van der Waals surface area contributed by atoms with E-state index in [1.807, 2.05) is 0 Å². The first-order valence-electron chi connectivity index (χ1n) is 10.8. The average molecular weight is 337 g/mol. The molecule has 2 N–H and O–H groups in total. The molecule has 0 aromatic rings. The van der Waals surface area contributed by atoms with Crippen molar-refractivity contribution in [2.24, 2.45) is 35.5 Å². The quantitative estimate of drug-likeness (QED) is 0.633. The maximum atomic E-state index is 3.88. The molecule has 4 atom stereocenters. The van der Waals surface area contributed by atoms with Gasteiger partial charge < -0.3 is 10.6 Å². The predicted molar refractivity (Wildman–Crippen MR) is 106 cm³/mol. The molecule has 0 radical (unpaired) electrons. The molecule has 2 fully saturated rings. The molecule has 2 saturated carbocycles. The van der Waals surface area contributed by atoms with E-state index in [1.165, 1.54) is 51.6 Å².